The lowest BCUT2D eigenvalue weighted by Gasteiger charge is -2.15. The number of amides is 3. The number of fused-ring (bicyclic) bond motifs is 1. The summed E-state index contributed by atoms with van der Waals surface area (Å²) in [6.45, 7) is 3.19. The van der Waals surface area contributed by atoms with Gasteiger partial charge < -0.3 is 5.32 Å². The Kier molecular flexibility index (Phi) is 5.35. The number of hydrogen-bond acceptors (Lipinski definition) is 5. The van der Waals surface area contributed by atoms with Gasteiger partial charge in [-0.05, 0) is 24.6 Å². The number of imide groups is 1. The van der Waals surface area contributed by atoms with Gasteiger partial charge in [-0.2, -0.15) is 0 Å². The highest BCUT2D eigenvalue weighted by atomic mass is 32.2. The first kappa shape index (κ1) is 19.2. The zero-order valence-electron chi connectivity index (χ0n) is 15.9. The fourth-order valence-corrected chi connectivity index (χ4v) is 4.06. The lowest BCUT2D eigenvalue weighted by atomic mass is 10.1. The second-order valence-electron chi connectivity index (χ2n) is 6.85. The minimum absolute atomic E-state index is 0.0338. The molecule has 3 aromatic rings. The molecule has 0 aliphatic carbocycles. The van der Waals surface area contributed by atoms with Crippen molar-refractivity contribution in [2.45, 2.75) is 18.6 Å². The summed E-state index contributed by atoms with van der Waals surface area (Å²) in [5.74, 6) is -0.263. The van der Waals surface area contributed by atoms with Crippen LogP contribution in [-0.2, 0) is 11.3 Å². The first-order valence-electron chi connectivity index (χ1n) is 9.29. The molecule has 148 valence electrons. The predicted octanol–water partition coefficient (Wildman–Crippen LogP) is 2.40. The van der Waals surface area contributed by atoms with Gasteiger partial charge in [0.05, 0.1) is 23.2 Å². The van der Waals surface area contributed by atoms with Crippen molar-refractivity contribution in [3.63, 3.8) is 0 Å². The number of nitrogens with one attached hydrogen (secondary N) is 1. The number of para-hydroxylation sites is 1. The highest BCUT2D eigenvalue weighted by Crippen LogP contribution is 2.20. The van der Waals surface area contributed by atoms with Crippen molar-refractivity contribution < 1.29 is 9.59 Å². The van der Waals surface area contributed by atoms with Gasteiger partial charge in [0.15, 0.2) is 5.16 Å². The van der Waals surface area contributed by atoms with E-state index >= 15 is 0 Å². The van der Waals surface area contributed by atoms with E-state index in [1.54, 1.807) is 16.7 Å². The molecule has 8 heteroatoms. The highest BCUT2D eigenvalue weighted by Gasteiger charge is 2.26. The molecule has 1 fully saturated rings. The van der Waals surface area contributed by atoms with Crippen molar-refractivity contribution in [2.75, 3.05) is 18.8 Å². The standard InChI is InChI=1S/C21H20N4O3S/c1-14-6-8-15(9-7-14)12-25-19(27)16-4-2-3-5-17(16)23-21(25)29-13-18(26)24-11-10-22-20(24)28/h2-9H,10-13H2,1H3,(H,22,28). The van der Waals surface area contributed by atoms with E-state index in [1.165, 1.54) is 16.7 Å². The third-order valence-corrected chi connectivity index (χ3v) is 5.73. The Morgan fingerprint density at radius 1 is 1.14 bits per heavy atom. The molecule has 29 heavy (non-hydrogen) atoms. The van der Waals surface area contributed by atoms with Crippen LogP contribution in [0.4, 0.5) is 4.79 Å². The Morgan fingerprint density at radius 3 is 2.62 bits per heavy atom. The molecule has 2 aromatic carbocycles. The monoisotopic (exact) mass is 408 g/mol. The molecule has 1 saturated heterocycles. The third-order valence-electron chi connectivity index (χ3n) is 4.77. The zero-order valence-corrected chi connectivity index (χ0v) is 16.7. The van der Waals surface area contributed by atoms with Crippen LogP contribution in [-0.4, -0.2) is 45.2 Å². The lowest BCUT2D eigenvalue weighted by Crippen LogP contribution is -2.35. The van der Waals surface area contributed by atoms with Crippen molar-refractivity contribution >= 4 is 34.6 Å². The van der Waals surface area contributed by atoms with Crippen molar-refractivity contribution in [3.8, 4) is 0 Å². The van der Waals surface area contributed by atoms with Gasteiger partial charge in [0.25, 0.3) is 5.56 Å². The SMILES string of the molecule is Cc1ccc(Cn2c(SCC(=O)N3CCNC3=O)nc3ccccc3c2=O)cc1. The van der Waals surface area contributed by atoms with E-state index in [0.29, 0.717) is 35.7 Å². The van der Waals surface area contributed by atoms with E-state index in [-0.39, 0.29) is 23.3 Å². The van der Waals surface area contributed by atoms with Crippen LogP contribution in [0.5, 0.6) is 0 Å². The molecule has 7 nitrogen and oxygen atoms in total. The van der Waals surface area contributed by atoms with Gasteiger partial charge in [0.1, 0.15) is 0 Å². The minimum atomic E-state index is -0.376. The van der Waals surface area contributed by atoms with Crippen molar-refractivity contribution in [1.82, 2.24) is 19.8 Å². The van der Waals surface area contributed by atoms with Gasteiger partial charge in [-0.3, -0.25) is 19.1 Å². The summed E-state index contributed by atoms with van der Waals surface area (Å²) in [7, 11) is 0. The molecule has 2 heterocycles. The maximum atomic E-state index is 13.1. The summed E-state index contributed by atoms with van der Waals surface area (Å²) in [4.78, 5) is 43.1. The molecule has 3 amide bonds. The molecular weight excluding hydrogens is 388 g/mol. The zero-order chi connectivity index (χ0) is 20.4. The van der Waals surface area contributed by atoms with Gasteiger partial charge in [-0.25, -0.2) is 9.78 Å². The van der Waals surface area contributed by atoms with Gasteiger partial charge in [-0.1, -0.05) is 53.7 Å². The van der Waals surface area contributed by atoms with Crippen molar-refractivity contribution in [1.29, 1.82) is 0 Å². The summed E-state index contributed by atoms with van der Waals surface area (Å²) in [5.41, 5.74) is 2.56. The highest BCUT2D eigenvalue weighted by molar-refractivity contribution is 7.99. The van der Waals surface area contributed by atoms with Crippen LogP contribution in [0.3, 0.4) is 0 Å². The Labute approximate surface area is 171 Å². The van der Waals surface area contributed by atoms with Gasteiger partial charge in [-0.15, -0.1) is 0 Å². The fourth-order valence-electron chi connectivity index (χ4n) is 3.19. The quantitative estimate of drug-likeness (QED) is 0.518. The fraction of sp³-hybridized carbons (Fsp3) is 0.238. The molecule has 1 aliphatic heterocycles. The van der Waals surface area contributed by atoms with Crippen LogP contribution in [0.1, 0.15) is 11.1 Å². The Bertz CT molecular complexity index is 1140. The number of thioether (sulfide) groups is 1. The second kappa shape index (κ2) is 8.08. The Hall–Kier alpha value is -3.13. The minimum Gasteiger partial charge on any atom is -0.336 e. The Morgan fingerprint density at radius 2 is 1.90 bits per heavy atom. The number of carbonyl (C=O) groups is 2. The number of aryl methyl sites for hydroxylation is 1. The topological polar surface area (TPSA) is 84.3 Å². The van der Waals surface area contributed by atoms with Crippen LogP contribution in [0.25, 0.3) is 10.9 Å². The van der Waals surface area contributed by atoms with Crippen molar-refractivity contribution in [2.24, 2.45) is 0 Å². The third kappa shape index (κ3) is 4.02. The number of nitrogens with zero attached hydrogens (tertiary/aromatic N) is 3. The molecule has 0 atom stereocenters. The average Bonchev–Trinajstić information content (AvgIpc) is 3.16. The molecule has 0 radical (unpaired) electrons. The molecule has 1 aliphatic rings. The maximum absolute atomic E-state index is 13.1. The predicted molar refractivity (Wildman–Crippen MR) is 112 cm³/mol. The van der Waals surface area contributed by atoms with Gasteiger partial charge >= 0.3 is 6.03 Å². The van der Waals surface area contributed by atoms with Crippen LogP contribution >= 0.6 is 11.8 Å². The van der Waals surface area contributed by atoms with Crippen LogP contribution in [0, 0.1) is 6.92 Å². The molecule has 1 aromatic heterocycles. The smallest absolute Gasteiger partial charge is 0.324 e. The van der Waals surface area contributed by atoms with Crippen LogP contribution in [0.2, 0.25) is 0 Å². The summed E-state index contributed by atoms with van der Waals surface area (Å²) in [6.07, 6.45) is 0. The largest absolute Gasteiger partial charge is 0.336 e. The number of benzene rings is 2. The first-order chi connectivity index (χ1) is 14.0. The second-order valence-corrected chi connectivity index (χ2v) is 7.80. The number of rotatable bonds is 5. The molecule has 0 bridgehead atoms. The first-order valence-corrected chi connectivity index (χ1v) is 10.3. The molecule has 1 N–H and O–H groups in total. The summed E-state index contributed by atoms with van der Waals surface area (Å²) < 4.78 is 1.59. The van der Waals surface area contributed by atoms with E-state index < -0.39 is 0 Å². The van der Waals surface area contributed by atoms with Crippen LogP contribution in [0.15, 0.2) is 58.5 Å². The van der Waals surface area contributed by atoms with Gasteiger partial charge in [0, 0.05) is 13.1 Å². The number of carbonyl (C=O) groups excluding carboxylic acids is 2. The summed E-state index contributed by atoms with van der Waals surface area (Å²) in [6, 6.07) is 14.7. The average molecular weight is 408 g/mol. The number of hydrogen-bond donors (Lipinski definition) is 1. The maximum Gasteiger partial charge on any atom is 0.324 e. The summed E-state index contributed by atoms with van der Waals surface area (Å²) >= 11 is 1.18. The normalized spacial score (nSPS) is 13.7. The molecular formula is C21H20N4O3S. The van der Waals surface area contributed by atoms with Crippen LogP contribution < -0.4 is 10.9 Å². The molecule has 0 spiro atoms. The molecule has 0 unspecified atom stereocenters. The number of aromatic nitrogens is 2. The van der Waals surface area contributed by atoms with E-state index in [4.69, 9.17) is 0 Å². The van der Waals surface area contributed by atoms with E-state index in [0.717, 1.165) is 11.1 Å². The molecule has 0 saturated carbocycles. The van der Waals surface area contributed by atoms with E-state index in [1.807, 2.05) is 43.3 Å². The lowest BCUT2D eigenvalue weighted by molar-refractivity contribution is -0.124. The van der Waals surface area contributed by atoms with Gasteiger partial charge in [0.2, 0.25) is 5.91 Å². The Balaban J connectivity index is 1.67. The van der Waals surface area contributed by atoms with E-state index in [9.17, 15) is 14.4 Å². The summed E-state index contributed by atoms with van der Waals surface area (Å²) in [5, 5.41) is 3.61. The van der Waals surface area contributed by atoms with E-state index in [2.05, 4.69) is 10.3 Å². The molecule has 4 rings (SSSR count). The number of urea groups is 1. The van der Waals surface area contributed by atoms with Crippen molar-refractivity contribution in [3.05, 3.63) is 70.0 Å².